The monoisotopic (exact) mass is 279 g/mol. The lowest BCUT2D eigenvalue weighted by atomic mass is 9.83. The van der Waals surface area contributed by atoms with Crippen LogP contribution >= 0.6 is 0 Å². The second-order valence-corrected chi connectivity index (χ2v) is 6.20. The molecule has 1 aliphatic carbocycles. The van der Waals surface area contributed by atoms with Gasteiger partial charge in [-0.15, -0.1) is 0 Å². The molecule has 2 N–H and O–H groups in total. The number of rotatable bonds is 4. The molecule has 0 aromatic heterocycles. The minimum Gasteiger partial charge on any atom is -0.396 e. The van der Waals surface area contributed by atoms with Gasteiger partial charge in [-0.25, -0.2) is 0 Å². The third-order valence-corrected chi connectivity index (χ3v) is 4.63. The Bertz CT molecular complexity index is 364. The van der Waals surface area contributed by atoms with Gasteiger partial charge in [-0.1, -0.05) is 19.3 Å². The average Bonchev–Trinajstić information content (AvgIpc) is 2.49. The second kappa shape index (κ2) is 7.05. The van der Waals surface area contributed by atoms with Gasteiger partial charge in [0.2, 0.25) is 5.91 Å². The predicted molar refractivity (Wildman–Crippen MR) is 75.8 cm³/mol. The molecular formula is C15H25N3O2. The van der Waals surface area contributed by atoms with E-state index in [0.29, 0.717) is 12.5 Å². The van der Waals surface area contributed by atoms with Crippen LogP contribution in [0.2, 0.25) is 0 Å². The van der Waals surface area contributed by atoms with E-state index in [9.17, 15) is 10.1 Å². The fourth-order valence-electron chi connectivity index (χ4n) is 3.26. The van der Waals surface area contributed by atoms with E-state index in [0.717, 1.165) is 58.0 Å². The van der Waals surface area contributed by atoms with Crippen molar-refractivity contribution in [2.45, 2.75) is 50.5 Å². The summed E-state index contributed by atoms with van der Waals surface area (Å²) in [6.45, 7) is 2.34. The fraction of sp³-hybridized carbons (Fsp3) is 0.867. The van der Waals surface area contributed by atoms with Crippen LogP contribution in [0.25, 0.3) is 0 Å². The van der Waals surface area contributed by atoms with E-state index in [1.54, 1.807) is 0 Å². The third kappa shape index (κ3) is 3.94. The highest BCUT2D eigenvalue weighted by molar-refractivity contribution is 5.79. The lowest BCUT2D eigenvalue weighted by Gasteiger charge is -2.34. The van der Waals surface area contributed by atoms with E-state index in [-0.39, 0.29) is 12.5 Å². The van der Waals surface area contributed by atoms with Gasteiger partial charge >= 0.3 is 0 Å². The number of likely N-dealkylation sites (tertiary alicyclic amines) is 1. The van der Waals surface area contributed by atoms with Crippen molar-refractivity contribution < 1.29 is 9.90 Å². The third-order valence-electron chi connectivity index (χ3n) is 4.63. The van der Waals surface area contributed by atoms with E-state index in [1.807, 2.05) is 0 Å². The number of nitriles is 1. The van der Waals surface area contributed by atoms with Crippen LogP contribution in [0.3, 0.4) is 0 Å². The number of aliphatic hydroxyl groups excluding tert-OH is 1. The summed E-state index contributed by atoms with van der Waals surface area (Å²) in [7, 11) is 0. The van der Waals surface area contributed by atoms with E-state index in [1.165, 1.54) is 0 Å². The van der Waals surface area contributed by atoms with Crippen molar-refractivity contribution >= 4 is 5.91 Å². The molecular weight excluding hydrogens is 254 g/mol. The Morgan fingerprint density at radius 2 is 1.95 bits per heavy atom. The Kier molecular flexibility index (Phi) is 5.38. The molecule has 2 rings (SSSR count). The normalized spacial score (nSPS) is 24.0. The van der Waals surface area contributed by atoms with Crippen molar-refractivity contribution in [1.29, 1.82) is 5.26 Å². The van der Waals surface area contributed by atoms with Crippen molar-refractivity contribution in [3.63, 3.8) is 0 Å². The molecule has 0 spiro atoms. The number of aliphatic hydroxyl groups is 1. The molecule has 0 aromatic rings. The Morgan fingerprint density at radius 1 is 1.30 bits per heavy atom. The maximum atomic E-state index is 12.1. The van der Waals surface area contributed by atoms with Gasteiger partial charge in [0.05, 0.1) is 12.6 Å². The van der Waals surface area contributed by atoms with Gasteiger partial charge in [0.15, 0.2) is 0 Å². The molecule has 1 amide bonds. The smallest absolute Gasteiger partial charge is 0.235 e. The second-order valence-electron chi connectivity index (χ2n) is 6.20. The molecule has 20 heavy (non-hydrogen) atoms. The first-order valence-corrected chi connectivity index (χ1v) is 7.73. The van der Waals surface area contributed by atoms with Crippen LogP contribution in [0.5, 0.6) is 0 Å². The van der Waals surface area contributed by atoms with E-state index in [4.69, 9.17) is 5.11 Å². The van der Waals surface area contributed by atoms with Crippen LogP contribution in [0, 0.1) is 17.2 Å². The standard InChI is InChI=1S/C15H25N3O2/c16-12-15(6-2-1-3-7-15)17-14(20)10-18-8-4-13(11-19)5-9-18/h13,19H,1-11H2,(H,17,20). The van der Waals surface area contributed by atoms with Crippen molar-refractivity contribution in [2.24, 2.45) is 5.92 Å². The minimum absolute atomic E-state index is 0.0316. The fourth-order valence-corrected chi connectivity index (χ4v) is 3.26. The lowest BCUT2D eigenvalue weighted by Crippen LogP contribution is -2.52. The summed E-state index contributed by atoms with van der Waals surface area (Å²) in [4.78, 5) is 14.3. The summed E-state index contributed by atoms with van der Waals surface area (Å²) in [6.07, 6.45) is 6.67. The molecule has 5 nitrogen and oxygen atoms in total. The highest BCUT2D eigenvalue weighted by atomic mass is 16.3. The molecule has 2 fully saturated rings. The maximum Gasteiger partial charge on any atom is 0.235 e. The van der Waals surface area contributed by atoms with Crippen molar-refractivity contribution in [1.82, 2.24) is 10.2 Å². The summed E-state index contributed by atoms with van der Waals surface area (Å²) in [5, 5.41) is 21.4. The zero-order valence-electron chi connectivity index (χ0n) is 12.1. The molecule has 0 aromatic carbocycles. The van der Waals surface area contributed by atoms with Crippen LogP contribution in [-0.4, -0.2) is 47.7 Å². The minimum atomic E-state index is -0.626. The molecule has 2 aliphatic rings. The summed E-state index contributed by atoms with van der Waals surface area (Å²) in [5.74, 6) is 0.356. The largest absolute Gasteiger partial charge is 0.396 e. The summed E-state index contributed by atoms with van der Waals surface area (Å²) < 4.78 is 0. The lowest BCUT2D eigenvalue weighted by molar-refractivity contribution is -0.124. The molecule has 0 radical (unpaired) electrons. The van der Waals surface area contributed by atoms with Crippen LogP contribution in [0.4, 0.5) is 0 Å². The zero-order valence-corrected chi connectivity index (χ0v) is 12.1. The van der Waals surface area contributed by atoms with E-state index >= 15 is 0 Å². The molecule has 1 saturated carbocycles. The molecule has 1 aliphatic heterocycles. The molecule has 112 valence electrons. The first-order chi connectivity index (χ1) is 9.67. The molecule has 1 saturated heterocycles. The quantitative estimate of drug-likeness (QED) is 0.806. The van der Waals surface area contributed by atoms with Gasteiger partial charge < -0.3 is 10.4 Å². The molecule has 0 bridgehead atoms. The van der Waals surface area contributed by atoms with Crippen LogP contribution < -0.4 is 5.32 Å². The number of carbonyl (C=O) groups is 1. The van der Waals surface area contributed by atoms with Crippen LogP contribution in [0.15, 0.2) is 0 Å². The predicted octanol–water partition coefficient (Wildman–Crippen LogP) is 1.03. The van der Waals surface area contributed by atoms with Gasteiger partial charge in [0.1, 0.15) is 5.54 Å². The Morgan fingerprint density at radius 3 is 2.50 bits per heavy atom. The van der Waals surface area contributed by atoms with Gasteiger partial charge in [-0.05, 0) is 44.7 Å². The number of hydrogen-bond donors (Lipinski definition) is 2. The molecule has 0 unspecified atom stereocenters. The van der Waals surface area contributed by atoms with Crippen LogP contribution in [0.1, 0.15) is 44.9 Å². The number of piperidine rings is 1. The molecule has 0 atom stereocenters. The number of amides is 1. The molecule has 1 heterocycles. The van der Waals surface area contributed by atoms with Crippen molar-refractivity contribution in [3.8, 4) is 6.07 Å². The number of nitrogens with one attached hydrogen (secondary N) is 1. The average molecular weight is 279 g/mol. The van der Waals surface area contributed by atoms with Gasteiger partial charge in [-0.3, -0.25) is 9.69 Å². The molecule has 5 heteroatoms. The van der Waals surface area contributed by atoms with E-state index < -0.39 is 5.54 Å². The van der Waals surface area contributed by atoms with Crippen molar-refractivity contribution in [3.05, 3.63) is 0 Å². The summed E-state index contributed by atoms with van der Waals surface area (Å²) in [5.41, 5.74) is -0.626. The van der Waals surface area contributed by atoms with Crippen molar-refractivity contribution in [2.75, 3.05) is 26.2 Å². The highest BCUT2D eigenvalue weighted by Gasteiger charge is 2.34. The highest BCUT2D eigenvalue weighted by Crippen LogP contribution is 2.27. The van der Waals surface area contributed by atoms with E-state index in [2.05, 4.69) is 16.3 Å². The van der Waals surface area contributed by atoms with Gasteiger partial charge in [-0.2, -0.15) is 5.26 Å². The Hall–Kier alpha value is -1.12. The van der Waals surface area contributed by atoms with Crippen LogP contribution in [-0.2, 0) is 4.79 Å². The Labute approximate surface area is 120 Å². The SMILES string of the molecule is N#CC1(NC(=O)CN2CCC(CO)CC2)CCCCC1. The Balaban J connectivity index is 1.79. The summed E-state index contributed by atoms with van der Waals surface area (Å²) in [6, 6.07) is 2.32. The van der Waals surface area contributed by atoms with Gasteiger partial charge in [0.25, 0.3) is 0 Å². The van der Waals surface area contributed by atoms with Gasteiger partial charge in [0, 0.05) is 6.61 Å². The first-order valence-electron chi connectivity index (χ1n) is 7.73. The number of carbonyl (C=O) groups excluding carboxylic acids is 1. The zero-order chi connectivity index (χ0) is 14.4. The summed E-state index contributed by atoms with van der Waals surface area (Å²) >= 11 is 0. The first kappa shape index (κ1) is 15.3. The number of nitrogens with zero attached hydrogens (tertiary/aromatic N) is 2. The maximum absolute atomic E-state index is 12.1. The number of hydrogen-bond acceptors (Lipinski definition) is 4. The topological polar surface area (TPSA) is 76.4 Å².